The smallest absolute Gasteiger partial charge is 0.127 e. The summed E-state index contributed by atoms with van der Waals surface area (Å²) in [6, 6.07) is 5.40. The minimum Gasteiger partial charge on any atom is -0.316 e. The Labute approximate surface area is 117 Å². The van der Waals surface area contributed by atoms with Crippen molar-refractivity contribution in [1.82, 2.24) is 5.32 Å². The van der Waals surface area contributed by atoms with Crippen molar-refractivity contribution < 1.29 is 4.39 Å². The molecule has 2 rings (SSSR count). The van der Waals surface area contributed by atoms with E-state index in [-0.39, 0.29) is 11.2 Å². The molecule has 0 aliphatic heterocycles. The molecule has 100 valence electrons. The van der Waals surface area contributed by atoms with Gasteiger partial charge in [-0.1, -0.05) is 35.8 Å². The Bertz CT molecular complexity index is 417. The summed E-state index contributed by atoms with van der Waals surface area (Å²) in [7, 11) is 0. The van der Waals surface area contributed by atoms with E-state index in [9.17, 15) is 4.39 Å². The van der Waals surface area contributed by atoms with Crippen molar-refractivity contribution >= 4 is 15.9 Å². The molecular weight excluding hydrogens is 293 g/mol. The summed E-state index contributed by atoms with van der Waals surface area (Å²) in [5.74, 6) is 0.660. The largest absolute Gasteiger partial charge is 0.316 e. The van der Waals surface area contributed by atoms with Crippen LogP contribution in [-0.2, 0) is 6.42 Å². The fourth-order valence-corrected chi connectivity index (χ4v) is 2.98. The monoisotopic (exact) mass is 313 g/mol. The van der Waals surface area contributed by atoms with Crippen LogP contribution >= 0.6 is 15.9 Å². The van der Waals surface area contributed by atoms with Gasteiger partial charge in [0.25, 0.3) is 0 Å². The van der Waals surface area contributed by atoms with Crippen molar-refractivity contribution in [3.63, 3.8) is 0 Å². The topological polar surface area (TPSA) is 12.0 Å². The van der Waals surface area contributed by atoms with Crippen LogP contribution in [0.25, 0.3) is 0 Å². The Kier molecular flexibility index (Phi) is 4.44. The zero-order valence-electron chi connectivity index (χ0n) is 11.1. The molecule has 18 heavy (non-hydrogen) atoms. The van der Waals surface area contributed by atoms with Gasteiger partial charge in [0.2, 0.25) is 0 Å². The summed E-state index contributed by atoms with van der Waals surface area (Å²) in [5.41, 5.74) is 1.02. The number of hydrogen-bond acceptors (Lipinski definition) is 1. The molecule has 1 fully saturated rings. The van der Waals surface area contributed by atoms with Crippen LogP contribution in [-0.4, -0.2) is 13.1 Å². The third-order valence-corrected chi connectivity index (χ3v) is 4.44. The second-order valence-electron chi connectivity index (χ2n) is 5.62. The molecule has 1 atom stereocenters. The van der Waals surface area contributed by atoms with E-state index in [1.807, 2.05) is 12.1 Å². The zero-order chi connectivity index (χ0) is 13.2. The fraction of sp³-hybridized carbons (Fsp3) is 0.600. The lowest BCUT2D eigenvalue weighted by atomic mass is 9.78. The average molecular weight is 314 g/mol. The zero-order valence-corrected chi connectivity index (χ0v) is 12.7. The van der Waals surface area contributed by atoms with Crippen LogP contribution < -0.4 is 5.32 Å². The van der Waals surface area contributed by atoms with E-state index < -0.39 is 0 Å². The van der Waals surface area contributed by atoms with Crippen molar-refractivity contribution in [3.05, 3.63) is 34.1 Å². The predicted molar refractivity (Wildman–Crippen MR) is 77.2 cm³/mol. The maximum Gasteiger partial charge on any atom is 0.127 e. The lowest BCUT2D eigenvalue weighted by molar-refractivity contribution is 0.255. The van der Waals surface area contributed by atoms with Gasteiger partial charge in [-0.05, 0) is 54.8 Å². The number of halogens is 2. The fourth-order valence-electron chi connectivity index (χ4n) is 2.64. The molecule has 1 unspecified atom stereocenters. The van der Waals surface area contributed by atoms with Crippen molar-refractivity contribution in [2.45, 2.75) is 33.1 Å². The first-order valence-corrected chi connectivity index (χ1v) is 7.49. The van der Waals surface area contributed by atoms with E-state index in [1.165, 1.54) is 12.8 Å². The maximum absolute atomic E-state index is 13.9. The lowest BCUT2D eigenvalue weighted by Gasteiger charge is -2.30. The van der Waals surface area contributed by atoms with Crippen LogP contribution in [0.1, 0.15) is 32.3 Å². The highest BCUT2D eigenvalue weighted by atomic mass is 79.9. The van der Waals surface area contributed by atoms with Crippen LogP contribution in [0, 0.1) is 17.2 Å². The van der Waals surface area contributed by atoms with Crippen LogP contribution in [0.15, 0.2) is 22.7 Å². The van der Waals surface area contributed by atoms with Gasteiger partial charge in [-0.3, -0.25) is 0 Å². The molecule has 0 radical (unpaired) electrons. The van der Waals surface area contributed by atoms with Crippen LogP contribution in [0.4, 0.5) is 4.39 Å². The van der Waals surface area contributed by atoms with Gasteiger partial charge in [0.05, 0.1) is 0 Å². The summed E-state index contributed by atoms with van der Waals surface area (Å²) in [6.45, 7) is 6.36. The second-order valence-corrected chi connectivity index (χ2v) is 6.54. The van der Waals surface area contributed by atoms with Gasteiger partial charge in [-0.15, -0.1) is 0 Å². The molecule has 1 saturated carbocycles. The highest BCUT2D eigenvalue weighted by molar-refractivity contribution is 9.10. The number of hydrogen-bond donors (Lipinski definition) is 1. The van der Waals surface area contributed by atoms with Gasteiger partial charge in [0.1, 0.15) is 5.82 Å². The summed E-state index contributed by atoms with van der Waals surface area (Å²) in [4.78, 5) is 0. The maximum atomic E-state index is 13.9. The Morgan fingerprint density at radius 1 is 1.44 bits per heavy atom. The number of benzene rings is 1. The summed E-state index contributed by atoms with van der Waals surface area (Å²) < 4.78 is 14.7. The van der Waals surface area contributed by atoms with E-state index in [0.717, 1.165) is 35.5 Å². The van der Waals surface area contributed by atoms with E-state index in [1.54, 1.807) is 6.07 Å². The van der Waals surface area contributed by atoms with Crippen LogP contribution in [0.3, 0.4) is 0 Å². The quantitative estimate of drug-likeness (QED) is 0.831. The van der Waals surface area contributed by atoms with Gasteiger partial charge >= 0.3 is 0 Å². The van der Waals surface area contributed by atoms with Gasteiger partial charge in [0, 0.05) is 11.0 Å². The molecule has 0 heterocycles. The minimum atomic E-state index is -0.0900. The molecule has 1 nitrogen and oxygen atoms in total. The first-order valence-electron chi connectivity index (χ1n) is 6.70. The lowest BCUT2D eigenvalue weighted by Crippen LogP contribution is -2.35. The summed E-state index contributed by atoms with van der Waals surface area (Å²) in [6.07, 6.45) is 3.41. The Morgan fingerprint density at radius 2 is 2.17 bits per heavy atom. The molecule has 0 aromatic heterocycles. The van der Waals surface area contributed by atoms with E-state index in [4.69, 9.17) is 0 Å². The SMILES string of the molecule is CCNCC(C)(Cc1ccc(Br)cc1F)C1CC1. The molecule has 1 aliphatic rings. The normalized spacial score (nSPS) is 18.7. The van der Waals surface area contributed by atoms with Crippen molar-refractivity contribution in [2.24, 2.45) is 11.3 Å². The molecule has 0 amide bonds. The Morgan fingerprint density at radius 3 is 2.72 bits per heavy atom. The van der Waals surface area contributed by atoms with Crippen molar-refractivity contribution in [1.29, 1.82) is 0 Å². The molecule has 3 heteroatoms. The third-order valence-electron chi connectivity index (χ3n) is 3.95. The molecule has 0 spiro atoms. The third kappa shape index (κ3) is 3.33. The van der Waals surface area contributed by atoms with Crippen molar-refractivity contribution in [2.75, 3.05) is 13.1 Å². The predicted octanol–water partition coefficient (Wildman–Crippen LogP) is 4.16. The molecule has 1 aliphatic carbocycles. The van der Waals surface area contributed by atoms with E-state index in [0.29, 0.717) is 0 Å². The summed E-state index contributed by atoms with van der Waals surface area (Å²) in [5, 5.41) is 3.43. The number of rotatable bonds is 6. The molecular formula is C15H21BrFN. The summed E-state index contributed by atoms with van der Waals surface area (Å²) >= 11 is 3.31. The molecule has 1 N–H and O–H groups in total. The molecule has 0 saturated heterocycles. The van der Waals surface area contributed by atoms with Crippen molar-refractivity contribution in [3.8, 4) is 0 Å². The molecule has 1 aromatic rings. The number of nitrogens with one attached hydrogen (secondary N) is 1. The first-order chi connectivity index (χ1) is 8.55. The highest BCUT2D eigenvalue weighted by Crippen LogP contribution is 2.47. The minimum absolute atomic E-state index is 0.0900. The average Bonchev–Trinajstić information content (AvgIpc) is 3.15. The van der Waals surface area contributed by atoms with Crippen LogP contribution in [0.5, 0.6) is 0 Å². The van der Waals surface area contributed by atoms with Gasteiger partial charge in [-0.25, -0.2) is 4.39 Å². The Balaban J connectivity index is 2.12. The van der Waals surface area contributed by atoms with Gasteiger partial charge in [-0.2, -0.15) is 0 Å². The molecule has 1 aromatic carbocycles. The van der Waals surface area contributed by atoms with Gasteiger partial charge in [0.15, 0.2) is 0 Å². The molecule has 0 bridgehead atoms. The standard InChI is InChI=1S/C15H21BrFN/c1-3-18-10-15(2,12-5-6-12)9-11-4-7-13(16)8-14(11)17/h4,7-8,12,18H,3,5-6,9-10H2,1-2H3. The highest BCUT2D eigenvalue weighted by Gasteiger charge is 2.41. The van der Waals surface area contributed by atoms with E-state index in [2.05, 4.69) is 35.1 Å². The second kappa shape index (κ2) is 5.70. The van der Waals surface area contributed by atoms with Crippen LogP contribution in [0.2, 0.25) is 0 Å². The van der Waals surface area contributed by atoms with E-state index >= 15 is 0 Å². The Hall–Kier alpha value is -0.410. The first kappa shape index (κ1) is 14.0. The van der Waals surface area contributed by atoms with Gasteiger partial charge < -0.3 is 5.32 Å².